The Morgan fingerprint density at radius 2 is 1.21 bits per heavy atom. The topological polar surface area (TPSA) is 307 Å². The van der Waals surface area contributed by atoms with Gasteiger partial charge in [0.25, 0.3) is 0 Å². The summed E-state index contributed by atoms with van der Waals surface area (Å²) in [6, 6.07) is 0. The van der Waals surface area contributed by atoms with Crippen molar-refractivity contribution in [3.63, 3.8) is 0 Å². The van der Waals surface area contributed by atoms with Crippen molar-refractivity contribution < 1.29 is 94.4 Å². The van der Waals surface area contributed by atoms with Gasteiger partial charge >= 0.3 is 0 Å². The highest BCUT2D eigenvalue weighted by Crippen LogP contribution is 2.78. The minimum Gasteiger partial charge on any atom is -0.394 e. The molecule has 4 saturated heterocycles. The van der Waals surface area contributed by atoms with Crippen LogP contribution in [0.3, 0.4) is 0 Å². The van der Waals surface area contributed by atoms with Crippen LogP contribution < -0.4 is 0 Å². The summed E-state index contributed by atoms with van der Waals surface area (Å²) < 4.78 is 43.6. The lowest BCUT2D eigenvalue weighted by molar-refractivity contribution is -0.398. The summed E-state index contributed by atoms with van der Waals surface area (Å²) in [7, 11) is 0. The molecule has 67 heavy (non-hydrogen) atoms. The third-order valence-corrected chi connectivity index (χ3v) is 19.3. The van der Waals surface area contributed by atoms with E-state index in [-0.39, 0.29) is 23.2 Å². The lowest BCUT2D eigenvalue weighted by Gasteiger charge is -2.70. The molecule has 0 spiro atoms. The van der Waals surface area contributed by atoms with Crippen LogP contribution in [0.5, 0.6) is 0 Å². The van der Waals surface area contributed by atoms with Gasteiger partial charge in [0.05, 0.1) is 43.0 Å². The normalized spacial score (nSPS) is 57.2. The first-order chi connectivity index (χ1) is 31.2. The van der Waals surface area contributed by atoms with E-state index in [0.29, 0.717) is 32.1 Å². The third kappa shape index (κ3) is 7.87. The second kappa shape index (κ2) is 18.2. The van der Waals surface area contributed by atoms with Gasteiger partial charge in [0.15, 0.2) is 24.7 Å². The molecule has 19 nitrogen and oxygen atoms in total. The number of allylic oxidation sites excluding steroid dienone is 1. The molecular weight excluding hydrogens is 881 g/mol. The van der Waals surface area contributed by atoms with E-state index in [1.807, 2.05) is 19.9 Å². The smallest absolute Gasteiger partial charge is 0.198 e. The number of aliphatic hydroxyl groups is 12. The second-order valence-electron chi connectivity index (χ2n) is 23.3. The van der Waals surface area contributed by atoms with Crippen molar-refractivity contribution in [1.82, 2.24) is 0 Å². The molecule has 0 aromatic carbocycles. The Kier molecular flexibility index (Phi) is 14.2. The van der Waals surface area contributed by atoms with Crippen LogP contribution in [0.25, 0.3) is 0 Å². The molecule has 386 valence electrons. The van der Waals surface area contributed by atoms with Crippen LogP contribution in [-0.2, 0) is 33.2 Å². The summed E-state index contributed by atoms with van der Waals surface area (Å²) in [6.45, 7) is 16.5. The van der Waals surface area contributed by atoms with Gasteiger partial charge in [0.2, 0.25) is 0 Å². The maximum Gasteiger partial charge on any atom is 0.198 e. The van der Waals surface area contributed by atoms with Crippen molar-refractivity contribution in [2.24, 2.45) is 45.3 Å². The Hall–Kier alpha value is -1.02. The number of hydrogen-bond donors (Lipinski definition) is 12. The number of aliphatic hydroxyl groups excluding tert-OH is 10. The molecule has 8 rings (SSSR count). The predicted molar refractivity (Wildman–Crippen MR) is 233 cm³/mol. The van der Waals surface area contributed by atoms with Gasteiger partial charge in [-0.15, -0.1) is 0 Å². The van der Waals surface area contributed by atoms with Crippen molar-refractivity contribution >= 4 is 0 Å². The van der Waals surface area contributed by atoms with Crippen LogP contribution >= 0.6 is 0 Å². The first kappa shape index (κ1) is 52.3. The van der Waals surface area contributed by atoms with E-state index in [9.17, 15) is 61.3 Å². The average molecular weight is 961 g/mol. The average Bonchev–Trinajstić information content (AvgIpc) is 3.59. The van der Waals surface area contributed by atoms with Crippen molar-refractivity contribution in [3.05, 3.63) is 11.6 Å². The predicted octanol–water partition coefficient (Wildman–Crippen LogP) is -0.692. The SMILES string of the molecule is CC(C)=CC[C@@H]1O[C@]2(O)[C@@H]([C@H]3CC[C@@H]4[C@@]5(C)CC[C@H](O[C@@H]6O[C@H](CO)[C@H](O)[C@H](O[C@@H]7O[C@H](CO)[C@@H](O)[C@H](O)[C@H]7O)[C@H]6O[C@@H]6O[C@@H](C)[C@H](O)[C@@H](O)[C@H]6O)C(C)(C)[C@H]5CC[C@@]4(C)[C@]3(C)[C@H]2O)[C@@]1(C)O. The molecule has 4 saturated carbocycles. The van der Waals surface area contributed by atoms with Crippen LogP contribution in [0.2, 0.25) is 0 Å². The quantitative estimate of drug-likeness (QED) is 0.0953. The van der Waals surface area contributed by atoms with Crippen LogP contribution in [0.1, 0.15) is 107 Å². The van der Waals surface area contributed by atoms with E-state index in [1.165, 1.54) is 6.92 Å². The zero-order valence-electron chi connectivity index (χ0n) is 40.4. The lowest BCUT2D eigenvalue weighted by Crippen LogP contribution is -2.68. The summed E-state index contributed by atoms with van der Waals surface area (Å²) in [5.74, 6) is -2.72. The van der Waals surface area contributed by atoms with Gasteiger partial charge in [-0.3, -0.25) is 0 Å². The summed E-state index contributed by atoms with van der Waals surface area (Å²) in [5.41, 5.74) is -2.50. The highest BCUT2D eigenvalue weighted by atomic mass is 16.8. The first-order valence-electron chi connectivity index (χ1n) is 24.5. The summed E-state index contributed by atoms with van der Waals surface area (Å²) >= 11 is 0. The first-order valence-corrected chi connectivity index (χ1v) is 24.5. The lowest BCUT2D eigenvalue weighted by atomic mass is 9.35. The van der Waals surface area contributed by atoms with Crippen LogP contribution in [0.4, 0.5) is 0 Å². The minimum absolute atomic E-state index is 0.0373. The maximum absolute atomic E-state index is 12.5. The molecule has 4 aliphatic heterocycles. The van der Waals surface area contributed by atoms with Crippen LogP contribution in [0.15, 0.2) is 11.6 Å². The standard InChI is InChI=1S/C48H80O19/c1-20(2)10-13-28-47(9,59)38-22-11-12-26-44(6)16-15-27(43(4,5)25(44)14-17-45(26,7)46(22,8)42(58)48(38,60)67-28)64-41-37(66-39-34(56)32(54)29(51)21(3)61-39)36(31(53)24(19-50)63-41)65-40-35(57)33(55)30(52)23(18-49)62-40/h10,21-42,49-60H,11-19H2,1-9H3/t21-,22+,23+,24+,25+,26+,27-,28-,29-,30+,31-,32+,33-,34+,35+,36-,37+,38-,39-,40-,41-,42+,44-,45+,46-,47-,48+/m0/s1. The number of hydrogen-bond acceptors (Lipinski definition) is 19. The molecule has 8 fully saturated rings. The molecule has 0 unspecified atom stereocenters. The van der Waals surface area contributed by atoms with Crippen LogP contribution in [0, 0.1) is 45.3 Å². The van der Waals surface area contributed by atoms with Gasteiger partial charge in [-0.05, 0) is 107 Å². The van der Waals surface area contributed by atoms with Gasteiger partial charge < -0.3 is 94.4 Å². The highest BCUT2D eigenvalue weighted by Gasteiger charge is 2.81. The highest BCUT2D eigenvalue weighted by molar-refractivity contribution is 5.27. The summed E-state index contributed by atoms with van der Waals surface area (Å²) in [6.07, 6.45) is -20.1. The molecule has 0 bridgehead atoms. The van der Waals surface area contributed by atoms with E-state index >= 15 is 0 Å². The number of fused-ring (bicyclic) bond motifs is 7. The summed E-state index contributed by atoms with van der Waals surface area (Å²) in [5, 5.41) is 134. The minimum atomic E-state index is -1.93. The van der Waals surface area contributed by atoms with E-state index in [0.717, 1.165) is 18.4 Å². The van der Waals surface area contributed by atoms with Crippen molar-refractivity contribution in [2.75, 3.05) is 13.2 Å². The molecule has 4 aliphatic carbocycles. The molecule has 0 aromatic heterocycles. The third-order valence-electron chi connectivity index (χ3n) is 19.3. The van der Waals surface area contributed by atoms with E-state index in [4.69, 9.17) is 33.2 Å². The fraction of sp³-hybridized carbons (Fsp3) is 0.958. The fourth-order valence-electron chi connectivity index (χ4n) is 15.4. The molecule has 0 radical (unpaired) electrons. The molecule has 8 aliphatic rings. The number of rotatable bonds is 10. The monoisotopic (exact) mass is 961 g/mol. The maximum atomic E-state index is 12.5. The Morgan fingerprint density at radius 1 is 0.627 bits per heavy atom. The fourth-order valence-corrected chi connectivity index (χ4v) is 15.4. The molecule has 0 amide bonds. The largest absolute Gasteiger partial charge is 0.394 e. The van der Waals surface area contributed by atoms with Gasteiger partial charge in [-0.2, -0.15) is 0 Å². The van der Waals surface area contributed by atoms with Crippen molar-refractivity contribution in [2.45, 2.75) is 229 Å². The molecule has 0 aromatic rings. The van der Waals surface area contributed by atoms with Gasteiger partial charge in [-0.1, -0.05) is 46.3 Å². The zero-order valence-corrected chi connectivity index (χ0v) is 40.4. The Balaban J connectivity index is 1.08. The van der Waals surface area contributed by atoms with Gasteiger partial charge in [-0.25, -0.2) is 0 Å². The molecular formula is C48H80O19. The van der Waals surface area contributed by atoms with E-state index < -0.39 is 157 Å². The van der Waals surface area contributed by atoms with E-state index in [1.54, 1.807) is 6.92 Å². The van der Waals surface area contributed by atoms with Crippen molar-refractivity contribution in [1.29, 1.82) is 0 Å². The molecule has 12 N–H and O–H groups in total. The van der Waals surface area contributed by atoms with Crippen LogP contribution in [-0.4, -0.2) is 196 Å². The Bertz CT molecular complexity index is 1800. The zero-order chi connectivity index (χ0) is 49.3. The molecule has 4 heterocycles. The molecule has 19 heteroatoms. The van der Waals surface area contributed by atoms with Gasteiger partial charge in [0, 0.05) is 5.41 Å². The van der Waals surface area contributed by atoms with Crippen molar-refractivity contribution in [3.8, 4) is 0 Å². The Morgan fingerprint density at radius 3 is 1.84 bits per heavy atom. The Labute approximate surface area is 392 Å². The molecule has 27 atom stereocenters. The number of ether oxygens (including phenoxy) is 7. The van der Waals surface area contributed by atoms with Gasteiger partial charge in [0.1, 0.15) is 73.2 Å². The summed E-state index contributed by atoms with van der Waals surface area (Å²) in [4.78, 5) is 0. The van der Waals surface area contributed by atoms with E-state index in [2.05, 4.69) is 34.6 Å². The second-order valence-corrected chi connectivity index (χ2v) is 23.3.